The molecular weight excluding hydrogens is 825 g/mol. The van der Waals surface area contributed by atoms with Gasteiger partial charge in [0.15, 0.2) is 0 Å². The molecule has 338 valence electrons. The summed E-state index contributed by atoms with van der Waals surface area (Å²) < 4.78 is 5.30. The number of imide groups is 1. The number of aromatic amines is 1. The molecule has 17 heteroatoms. The molecule has 2 aromatic carbocycles. The third-order valence-corrected chi connectivity index (χ3v) is 12.9. The van der Waals surface area contributed by atoms with Crippen LogP contribution in [-0.2, 0) is 16.8 Å². The second-order valence-corrected chi connectivity index (χ2v) is 18.5. The number of aliphatic hydroxyl groups excluding tert-OH is 1. The number of aromatic nitrogens is 6. The van der Waals surface area contributed by atoms with Gasteiger partial charge in [0, 0.05) is 104 Å². The largest absolute Gasteiger partial charge is 0.392 e. The number of rotatable bonds is 11. The number of anilines is 3. The van der Waals surface area contributed by atoms with E-state index in [9.17, 15) is 19.5 Å². The average molecular weight is 881 g/mol. The number of amides is 4. The monoisotopic (exact) mass is 880 g/mol. The molecule has 0 aliphatic carbocycles. The number of H-pyrrole nitrogens is 1. The van der Waals surface area contributed by atoms with Crippen LogP contribution in [0.2, 0.25) is 0 Å². The van der Waals surface area contributed by atoms with Gasteiger partial charge in [-0.25, -0.2) is 19.7 Å². The Balaban J connectivity index is 0.780. The molecule has 0 bridgehead atoms. The molecule has 0 radical (unpaired) electrons. The van der Waals surface area contributed by atoms with E-state index in [0.29, 0.717) is 36.0 Å². The van der Waals surface area contributed by atoms with E-state index < -0.39 is 11.9 Å². The minimum Gasteiger partial charge on any atom is -0.392 e. The number of urea groups is 1. The molecule has 1 unspecified atom stereocenters. The van der Waals surface area contributed by atoms with Gasteiger partial charge in [0.25, 0.3) is 11.7 Å². The number of nitrogens with one attached hydrogen (secondary N) is 3. The van der Waals surface area contributed by atoms with Crippen molar-refractivity contribution in [2.24, 2.45) is 5.92 Å². The summed E-state index contributed by atoms with van der Waals surface area (Å²) >= 11 is 0. The van der Waals surface area contributed by atoms with Crippen LogP contribution in [0, 0.1) is 12.8 Å². The fourth-order valence-corrected chi connectivity index (χ4v) is 9.16. The van der Waals surface area contributed by atoms with Gasteiger partial charge < -0.3 is 29.7 Å². The van der Waals surface area contributed by atoms with Gasteiger partial charge in [-0.2, -0.15) is 4.98 Å². The van der Waals surface area contributed by atoms with Crippen LogP contribution < -0.4 is 25.3 Å². The van der Waals surface area contributed by atoms with Crippen LogP contribution in [0.5, 0.6) is 0 Å². The minimum atomic E-state index is -0.461. The lowest BCUT2D eigenvalue weighted by molar-refractivity contribution is -0.120. The smallest absolute Gasteiger partial charge is 0.328 e. The molecule has 6 aromatic rings. The van der Waals surface area contributed by atoms with Crippen molar-refractivity contribution in [1.82, 2.24) is 45.6 Å². The highest BCUT2D eigenvalue weighted by Gasteiger charge is 2.29. The van der Waals surface area contributed by atoms with Crippen LogP contribution in [0.1, 0.15) is 86.2 Å². The van der Waals surface area contributed by atoms with Crippen LogP contribution >= 0.6 is 0 Å². The predicted octanol–water partition coefficient (Wildman–Crippen LogP) is 6.14. The molecule has 3 fully saturated rings. The first-order valence-electron chi connectivity index (χ1n) is 22.4. The number of hydrogen-bond donors (Lipinski definition) is 4. The molecule has 3 aliphatic heterocycles. The molecule has 7 heterocycles. The number of carbonyl (C=O) groups is 3. The molecular formula is C48H56N12O5. The molecule has 0 spiro atoms. The number of fused-ring (bicyclic) bond motifs is 1. The maximum atomic E-state index is 13.0. The topological polar surface area (TPSA) is 202 Å². The van der Waals surface area contributed by atoms with Gasteiger partial charge in [0.2, 0.25) is 11.8 Å². The van der Waals surface area contributed by atoms with Crippen LogP contribution in [-0.4, -0.2) is 110 Å². The number of aryl methyl sites for hydroxylation is 1. The maximum absolute atomic E-state index is 13.0. The van der Waals surface area contributed by atoms with E-state index in [1.165, 1.54) is 12.0 Å². The summed E-state index contributed by atoms with van der Waals surface area (Å²) in [5, 5.41) is 20.5. The molecule has 4 amide bonds. The standard InChI is InChI=1S/C48H56N12O5/c1-29-22-35(8-10-39(29)60-17-14-41(62)54-47(60)64)58-15-12-31(13-16-58)26-57-18-20-59(21-19-57)40-11-7-33(25-49-40)38-24-37-42(50-28-51-43(37)53-38)32-6-9-36(34(23-32)27-61)30(2)52-45(63)44-55-46(65-56-44)48(3,4)5/h6-11,22-25,28,30-31,61H,12-21,26-27H2,1-5H3,(H,52,63)(H,50,51,53)(H,54,62,64). The highest BCUT2D eigenvalue weighted by atomic mass is 16.5. The van der Waals surface area contributed by atoms with E-state index in [1.54, 1.807) is 4.90 Å². The van der Waals surface area contributed by atoms with Crippen LogP contribution in [0.3, 0.4) is 0 Å². The molecule has 1 atom stereocenters. The van der Waals surface area contributed by atoms with Gasteiger partial charge in [0.1, 0.15) is 17.8 Å². The zero-order valence-corrected chi connectivity index (χ0v) is 37.6. The van der Waals surface area contributed by atoms with E-state index in [-0.39, 0.29) is 29.8 Å². The lowest BCUT2D eigenvalue weighted by Crippen LogP contribution is -2.49. The molecule has 17 nitrogen and oxygen atoms in total. The van der Waals surface area contributed by atoms with Gasteiger partial charge in [-0.05, 0) is 91.8 Å². The van der Waals surface area contributed by atoms with Crippen molar-refractivity contribution in [3.05, 3.63) is 95.5 Å². The van der Waals surface area contributed by atoms with Crippen molar-refractivity contribution in [3.63, 3.8) is 0 Å². The van der Waals surface area contributed by atoms with Gasteiger partial charge in [-0.3, -0.25) is 24.7 Å². The second kappa shape index (κ2) is 18.0. The molecule has 9 rings (SSSR count). The Kier molecular flexibility index (Phi) is 12.1. The van der Waals surface area contributed by atoms with E-state index in [4.69, 9.17) is 9.51 Å². The van der Waals surface area contributed by atoms with E-state index >= 15 is 0 Å². The summed E-state index contributed by atoms with van der Waals surface area (Å²) in [5.41, 5.74) is 8.14. The Labute approximate surface area is 377 Å². The fourth-order valence-electron chi connectivity index (χ4n) is 9.16. The van der Waals surface area contributed by atoms with Crippen LogP contribution in [0.15, 0.2) is 71.6 Å². The van der Waals surface area contributed by atoms with Gasteiger partial charge in [-0.15, -0.1) is 0 Å². The number of piperazine rings is 1. The Morgan fingerprint density at radius 3 is 2.40 bits per heavy atom. The first-order chi connectivity index (χ1) is 31.3. The van der Waals surface area contributed by atoms with Gasteiger partial charge in [-0.1, -0.05) is 38.1 Å². The zero-order valence-electron chi connectivity index (χ0n) is 37.6. The Bertz CT molecular complexity index is 2710. The van der Waals surface area contributed by atoms with Crippen LogP contribution in [0.25, 0.3) is 33.5 Å². The lowest BCUT2D eigenvalue weighted by Gasteiger charge is -2.40. The third-order valence-electron chi connectivity index (χ3n) is 12.9. The highest BCUT2D eigenvalue weighted by Crippen LogP contribution is 2.34. The van der Waals surface area contributed by atoms with Gasteiger partial charge >= 0.3 is 6.03 Å². The van der Waals surface area contributed by atoms with E-state index in [0.717, 1.165) is 109 Å². The number of aliphatic hydroxyl groups is 1. The SMILES string of the molecule is Cc1cc(N2CCC(CN3CCN(c4ccc(-c5cc6c(-c7ccc(C(C)NC(=O)c8noc(C(C)(C)C)n8)c(CO)c7)ncnc6[nH]5)cn4)CC3)CC2)ccc1N1CCC(=O)NC1=O. The summed E-state index contributed by atoms with van der Waals surface area (Å²) in [6.07, 6.45) is 6.03. The second-order valence-electron chi connectivity index (χ2n) is 18.5. The molecule has 65 heavy (non-hydrogen) atoms. The number of pyridine rings is 1. The number of benzene rings is 2. The summed E-state index contributed by atoms with van der Waals surface area (Å²) in [7, 11) is 0. The number of nitrogens with zero attached hydrogens (tertiary/aromatic N) is 9. The Morgan fingerprint density at radius 1 is 0.923 bits per heavy atom. The highest BCUT2D eigenvalue weighted by molar-refractivity contribution is 6.06. The normalized spacial score (nSPS) is 17.2. The summed E-state index contributed by atoms with van der Waals surface area (Å²) in [4.78, 5) is 67.8. The summed E-state index contributed by atoms with van der Waals surface area (Å²) in [6, 6.07) is 17.4. The number of piperidine rings is 1. The van der Waals surface area contributed by atoms with Crippen molar-refractivity contribution >= 4 is 46.1 Å². The van der Waals surface area contributed by atoms with Crippen molar-refractivity contribution in [1.29, 1.82) is 0 Å². The number of carbonyl (C=O) groups excluding carboxylic acids is 3. The van der Waals surface area contributed by atoms with Crippen molar-refractivity contribution in [2.45, 2.75) is 71.9 Å². The lowest BCUT2D eigenvalue weighted by atomic mass is 9.95. The molecule has 3 aliphatic rings. The summed E-state index contributed by atoms with van der Waals surface area (Å²) in [5.74, 6) is 1.27. The van der Waals surface area contributed by atoms with Crippen molar-refractivity contribution in [3.8, 4) is 22.5 Å². The van der Waals surface area contributed by atoms with E-state index in [1.807, 2.05) is 71.1 Å². The first-order valence-corrected chi connectivity index (χ1v) is 22.4. The van der Waals surface area contributed by atoms with Crippen LogP contribution in [0.4, 0.5) is 22.0 Å². The molecule has 4 N–H and O–H groups in total. The molecule has 0 saturated carbocycles. The summed E-state index contributed by atoms with van der Waals surface area (Å²) in [6.45, 7) is 16.8. The number of hydrogen-bond acceptors (Lipinski definition) is 13. The quantitative estimate of drug-likeness (QED) is 0.116. The third kappa shape index (κ3) is 9.29. The Hall–Kier alpha value is -6.72. The minimum absolute atomic E-state index is 0.0379. The van der Waals surface area contributed by atoms with E-state index in [2.05, 4.69) is 74.7 Å². The van der Waals surface area contributed by atoms with Crippen molar-refractivity contribution in [2.75, 3.05) is 67.1 Å². The van der Waals surface area contributed by atoms with Crippen molar-refractivity contribution < 1.29 is 24.0 Å². The zero-order chi connectivity index (χ0) is 45.4. The van der Waals surface area contributed by atoms with Gasteiger partial charge in [0.05, 0.1) is 18.3 Å². The predicted molar refractivity (Wildman–Crippen MR) is 248 cm³/mol. The maximum Gasteiger partial charge on any atom is 0.328 e. The first kappa shape index (κ1) is 43.5. The average Bonchev–Trinajstić information content (AvgIpc) is 3.99. The molecule has 3 saturated heterocycles. The fraction of sp³-hybridized carbons (Fsp3) is 0.417. The Morgan fingerprint density at radius 2 is 1.71 bits per heavy atom. The molecule has 4 aromatic heterocycles.